The molecule has 2 nitrogen and oxygen atoms in total. The minimum Gasteiger partial charge on any atom is -0.304 e. The lowest BCUT2D eigenvalue weighted by Crippen LogP contribution is -2.31. The molecular weight excluding hydrogens is 412 g/mol. The minimum absolute atomic E-state index is 0.378. The Balaban J connectivity index is 1.24. The second kappa shape index (κ2) is 13.1. The van der Waals surface area contributed by atoms with Crippen molar-refractivity contribution in [3.05, 3.63) is 82.9 Å². The quantitative estimate of drug-likeness (QED) is 0.249. The zero-order valence-corrected chi connectivity index (χ0v) is 21.5. The number of hydrogen-bond donors (Lipinski definition) is 0. The van der Waals surface area contributed by atoms with Crippen molar-refractivity contribution < 1.29 is 0 Å². The van der Waals surface area contributed by atoms with Crippen LogP contribution in [-0.2, 0) is 0 Å². The predicted octanol–water partition coefficient (Wildman–Crippen LogP) is 8.29. The first kappa shape index (κ1) is 24.9. The van der Waals surface area contributed by atoms with Gasteiger partial charge in [-0.05, 0) is 61.3 Å². The van der Waals surface area contributed by atoms with Crippen molar-refractivity contribution in [2.24, 2.45) is 0 Å². The van der Waals surface area contributed by atoms with Gasteiger partial charge in [0, 0.05) is 0 Å². The first-order valence-electron chi connectivity index (χ1n) is 13.8. The van der Waals surface area contributed by atoms with Gasteiger partial charge in [-0.1, -0.05) is 125 Å². The molecule has 0 saturated carbocycles. The van der Waals surface area contributed by atoms with Crippen LogP contribution in [0.3, 0.4) is 0 Å². The minimum atomic E-state index is 0.378. The van der Waals surface area contributed by atoms with E-state index in [4.69, 9.17) is 0 Å². The molecule has 34 heavy (non-hydrogen) atoms. The fraction of sp³-hybridized carbons (Fsp3) is 0.500. The van der Waals surface area contributed by atoms with E-state index in [1.165, 1.54) is 93.3 Å². The Labute approximate surface area is 208 Å². The number of fused-ring (bicyclic) bond motifs is 2. The van der Waals surface area contributed by atoms with Gasteiger partial charge in [-0.15, -0.1) is 0 Å². The summed E-state index contributed by atoms with van der Waals surface area (Å²) >= 11 is 0. The van der Waals surface area contributed by atoms with Crippen LogP contribution in [0.25, 0.3) is 12.2 Å². The van der Waals surface area contributed by atoms with E-state index in [0.29, 0.717) is 12.1 Å². The van der Waals surface area contributed by atoms with Gasteiger partial charge in [-0.2, -0.15) is 0 Å². The zero-order chi connectivity index (χ0) is 23.6. The van der Waals surface area contributed by atoms with Gasteiger partial charge in [0.1, 0.15) is 0 Å². The molecule has 2 unspecified atom stereocenters. The van der Waals surface area contributed by atoms with E-state index >= 15 is 0 Å². The van der Waals surface area contributed by atoms with Crippen molar-refractivity contribution in [2.45, 2.75) is 77.3 Å². The van der Waals surface area contributed by atoms with Crippen LogP contribution in [0.4, 0.5) is 0 Å². The van der Waals surface area contributed by atoms with E-state index in [0.717, 1.165) is 6.54 Å². The summed E-state index contributed by atoms with van der Waals surface area (Å²) in [4.78, 5) is 5.28. The van der Waals surface area contributed by atoms with Gasteiger partial charge < -0.3 is 4.90 Å². The molecule has 2 aromatic carbocycles. The van der Waals surface area contributed by atoms with Gasteiger partial charge in [0.2, 0.25) is 0 Å². The molecule has 2 atom stereocenters. The van der Waals surface area contributed by atoms with Crippen molar-refractivity contribution in [3.63, 3.8) is 0 Å². The van der Waals surface area contributed by atoms with Crippen LogP contribution in [0.15, 0.2) is 60.7 Å². The van der Waals surface area contributed by atoms with Crippen molar-refractivity contribution in [3.8, 4) is 0 Å². The van der Waals surface area contributed by atoms with Crippen LogP contribution in [0.1, 0.15) is 99.6 Å². The summed E-state index contributed by atoms with van der Waals surface area (Å²) < 4.78 is 0. The Morgan fingerprint density at radius 2 is 1.00 bits per heavy atom. The first-order valence-corrected chi connectivity index (χ1v) is 13.8. The maximum atomic E-state index is 2.73. The molecule has 4 rings (SSSR count). The number of benzene rings is 2. The lowest BCUT2D eigenvalue weighted by atomic mass is 9.99. The summed E-state index contributed by atoms with van der Waals surface area (Å²) in [6, 6.07) is 18.6. The van der Waals surface area contributed by atoms with E-state index < -0.39 is 0 Å². The normalized spacial score (nSPS) is 18.2. The molecule has 0 spiro atoms. The SMILES string of the molecule is CCN(CC)CCCCCCCCCCN(C1C=Cc2ccccc21)C1C=Cc2ccccc21. The molecule has 0 aliphatic heterocycles. The standard InChI is InChI=1S/C32H44N2/c1-3-33(4-2)25-15-9-7-5-6-8-10-16-26-34(31-23-21-27-17-11-13-19-29(27)31)32-24-22-28-18-12-14-20-30(28)32/h11-14,17-24,31-32H,3-10,15-16,25-26H2,1-2H3. The Morgan fingerprint density at radius 1 is 0.559 bits per heavy atom. The Morgan fingerprint density at radius 3 is 1.50 bits per heavy atom. The van der Waals surface area contributed by atoms with E-state index in [9.17, 15) is 0 Å². The van der Waals surface area contributed by atoms with Crippen LogP contribution in [0, 0.1) is 0 Å². The number of rotatable bonds is 15. The molecule has 182 valence electrons. The summed E-state index contributed by atoms with van der Waals surface area (Å²) in [5.41, 5.74) is 5.69. The third-order valence-electron chi connectivity index (χ3n) is 7.80. The average molecular weight is 457 g/mol. The van der Waals surface area contributed by atoms with Gasteiger partial charge in [0.05, 0.1) is 12.1 Å². The summed E-state index contributed by atoms with van der Waals surface area (Å²) in [6.45, 7) is 9.36. The Bertz CT molecular complexity index is 878. The highest BCUT2D eigenvalue weighted by atomic mass is 15.2. The molecule has 2 aliphatic carbocycles. The van der Waals surface area contributed by atoms with Crippen LogP contribution in [0.2, 0.25) is 0 Å². The van der Waals surface area contributed by atoms with E-state index in [-0.39, 0.29) is 0 Å². The maximum Gasteiger partial charge on any atom is 0.0549 e. The van der Waals surface area contributed by atoms with Crippen molar-refractivity contribution in [2.75, 3.05) is 26.2 Å². The average Bonchev–Trinajstić information content (AvgIpc) is 3.50. The second-order valence-electron chi connectivity index (χ2n) is 9.96. The zero-order valence-electron chi connectivity index (χ0n) is 21.5. The number of hydrogen-bond acceptors (Lipinski definition) is 2. The Kier molecular flexibility index (Phi) is 9.59. The van der Waals surface area contributed by atoms with Crippen molar-refractivity contribution in [1.29, 1.82) is 0 Å². The maximum absolute atomic E-state index is 2.73. The van der Waals surface area contributed by atoms with Crippen LogP contribution in [-0.4, -0.2) is 36.0 Å². The molecule has 0 N–H and O–H groups in total. The molecule has 0 saturated heterocycles. The predicted molar refractivity (Wildman–Crippen MR) is 148 cm³/mol. The van der Waals surface area contributed by atoms with Crippen LogP contribution >= 0.6 is 0 Å². The smallest absolute Gasteiger partial charge is 0.0549 e. The molecule has 0 aromatic heterocycles. The molecule has 0 radical (unpaired) electrons. The lowest BCUT2D eigenvalue weighted by molar-refractivity contribution is 0.189. The van der Waals surface area contributed by atoms with E-state index in [2.05, 4.69) is 96.5 Å². The number of nitrogens with zero attached hydrogens (tertiary/aromatic N) is 2. The monoisotopic (exact) mass is 456 g/mol. The summed E-state index contributed by atoms with van der Waals surface area (Å²) in [7, 11) is 0. The van der Waals surface area contributed by atoms with Gasteiger partial charge >= 0.3 is 0 Å². The highest BCUT2D eigenvalue weighted by Gasteiger charge is 2.31. The molecule has 2 aromatic rings. The molecule has 2 heteroatoms. The van der Waals surface area contributed by atoms with Gasteiger partial charge in [0.25, 0.3) is 0 Å². The fourth-order valence-electron chi connectivity index (χ4n) is 5.72. The van der Waals surface area contributed by atoms with E-state index in [1.807, 2.05) is 0 Å². The molecule has 0 heterocycles. The first-order chi connectivity index (χ1) is 16.8. The third-order valence-corrected chi connectivity index (χ3v) is 7.80. The molecule has 0 fully saturated rings. The summed E-state index contributed by atoms with van der Waals surface area (Å²) in [5, 5.41) is 0. The van der Waals surface area contributed by atoms with Gasteiger partial charge in [0.15, 0.2) is 0 Å². The van der Waals surface area contributed by atoms with Crippen molar-refractivity contribution in [1.82, 2.24) is 9.80 Å². The highest BCUT2D eigenvalue weighted by Crippen LogP contribution is 2.41. The van der Waals surface area contributed by atoms with Crippen LogP contribution < -0.4 is 0 Å². The molecule has 0 bridgehead atoms. The highest BCUT2D eigenvalue weighted by molar-refractivity contribution is 5.64. The Hall–Kier alpha value is -2.16. The summed E-state index contributed by atoms with van der Waals surface area (Å²) in [6.07, 6.45) is 20.4. The molecular formula is C32H44N2. The third kappa shape index (κ3) is 6.29. The van der Waals surface area contributed by atoms with Gasteiger partial charge in [-0.3, -0.25) is 4.90 Å². The van der Waals surface area contributed by atoms with Crippen LogP contribution in [0.5, 0.6) is 0 Å². The van der Waals surface area contributed by atoms with Gasteiger partial charge in [-0.25, -0.2) is 0 Å². The number of unbranched alkanes of at least 4 members (excludes halogenated alkanes) is 7. The summed E-state index contributed by atoms with van der Waals surface area (Å²) in [5.74, 6) is 0. The largest absolute Gasteiger partial charge is 0.304 e. The second-order valence-corrected chi connectivity index (χ2v) is 9.96. The fourth-order valence-corrected chi connectivity index (χ4v) is 5.72. The van der Waals surface area contributed by atoms with Crippen molar-refractivity contribution >= 4 is 12.2 Å². The lowest BCUT2D eigenvalue weighted by Gasteiger charge is -2.34. The molecule has 2 aliphatic rings. The topological polar surface area (TPSA) is 6.48 Å². The molecule has 0 amide bonds. The van der Waals surface area contributed by atoms with E-state index in [1.54, 1.807) is 0 Å².